The molecule has 1 aromatic heterocycles. The normalized spacial score (nSPS) is 10.1. The third-order valence-electron chi connectivity index (χ3n) is 2.17. The molecule has 0 atom stereocenters. The molecule has 3 nitrogen and oxygen atoms in total. The molecule has 0 bridgehead atoms. The molecule has 1 heterocycles. The summed E-state index contributed by atoms with van der Waals surface area (Å²) in [6.07, 6.45) is 1.56. The lowest BCUT2D eigenvalue weighted by Crippen LogP contribution is -2.05. The molecular weight excluding hydrogens is 224 g/mol. The first-order valence-corrected chi connectivity index (χ1v) is 5.07. The van der Waals surface area contributed by atoms with Gasteiger partial charge in [0.05, 0.1) is 10.7 Å². The van der Waals surface area contributed by atoms with Crippen molar-refractivity contribution in [3.8, 4) is 0 Å². The summed E-state index contributed by atoms with van der Waals surface area (Å²) in [4.78, 5) is 16.0. The van der Waals surface area contributed by atoms with Gasteiger partial charge in [0.1, 0.15) is 5.69 Å². The van der Waals surface area contributed by atoms with Crippen LogP contribution < -0.4 is 5.73 Å². The highest BCUT2D eigenvalue weighted by molar-refractivity contribution is 6.37. The van der Waals surface area contributed by atoms with Gasteiger partial charge < -0.3 is 5.73 Å². The molecule has 0 amide bonds. The number of ketones is 1. The Morgan fingerprint density at radius 1 is 1.19 bits per heavy atom. The number of benzene rings is 1. The van der Waals surface area contributed by atoms with E-state index in [-0.39, 0.29) is 10.8 Å². The lowest BCUT2D eigenvalue weighted by atomic mass is 10.1. The molecule has 0 saturated heterocycles. The van der Waals surface area contributed by atoms with Crippen molar-refractivity contribution in [3.63, 3.8) is 0 Å². The van der Waals surface area contributed by atoms with Crippen molar-refractivity contribution in [2.75, 3.05) is 5.73 Å². The molecule has 0 aliphatic carbocycles. The molecule has 2 aromatic rings. The molecule has 0 aliphatic rings. The molecule has 4 heteroatoms. The number of nitrogens with zero attached hydrogens (tertiary/aromatic N) is 1. The standard InChI is InChI=1S/C12H9ClN2O/c13-11-8(4-3-5-9(11)14)12(16)10-6-1-2-7-15-10/h1-7H,14H2. The van der Waals surface area contributed by atoms with Gasteiger partial charge in [0.2, 0.25) is 5.78 Å². The summed E-state index contributed by atoms with van der Waals surface area (Å²) in [5, 5.41) is 0.276. The molecule has 0 spiro atoms. The lowest BCUT2D eigenvalue weighted by Gasteiger charge is -2.04. The van der Waals surface area contributed by atoms with Crippen LogP contribution in [0.4, 0.5) is 5.69 Å². The van der Waals surface area contributed by atoms with E-state index in [0.717, 1.165) is 0 Å². The molecule has 0 unspecified atom stereocenters. The number of pyridine rings is 1. The average molecular weight is 233 g/mol. The minimum Gasteiger partial charge on any atom is -0.398 e. The van der Waals surface area contributed by atoms with Crippen LogP contribution >= 0.6 is 11.6 Å². The molecule has 16 heavy (non-hydrogen) atoms. The second-order valence-corrected chi connectivity index (χ2v) is 3.63. The van der Waals surface area contributed by atoms with E-state index in [4.69, 9.17) is 17.3 Å². The van der Waals surface area contributed by atoms with Crippen molar-refractivity contribution in [1.29, 1.82) is 0 Å². The second kappa shape index (κ2) is 4.33. The van der Waals surface area contributed by atoms with E-state index in [1.54, 1.807) is 42.6 Å². The van der Waals surface area contributed by atoms with Crippen molar-refractivity contribution < 1.29 is 4.79 Å². The minimum absolute atomic E-state index is 0.224. The van der Waals surface area contributed by atoms with E-state index in [9.17, 15) is 4.79 Å². The number of nitrogens with two attached hydrogens (primary N) is 1. The van der Waals surface area contributed by atoms with Crippen molar-refractivity contribution in [2.24, 2.45) is 0 Å². The molecule has 0 aliphatic heterocycles. The molecular formula is C12H9ClN2O. The Morgan fingerprint density at radius 2 is 2.00 bits per heavy atom. The number of hydrogen-bond donors (Lipinski definition) is 1. The van der Waals surface area contributed by atoms with Crippen LogP contribution in [0.1, 0.15) is 16.1 Å². The third-order valence-corrected chi connectivity index (χ3v) is 2.59. The summed E-state index contributed by atoms with van der Waals surface area (Å²) in [6, 6.07) is 10.1. The van der Waals surface area contributed by atoms with Gasteiger partial charge in [-0.25, -0.2) is 0 Å². The number of carbonyl (C=O) groups is 1. The van der Waals surface area contributed by atoms with Gasteiger partial charge in [-0.2, -0.15) is 0 Å². The summed E-state index contributed by atoms with van der Waals surface area (Å²) in [6.45, 7) is 0. The predicted molar refractivity (Wildman–Crippen MR) is 63.5 cm³/mol. The van der Waals surface area contributed by atoms with Crippen molar-refractivity contribution in [3.05, 3.63) is 58.9 Å². The first-order valence-electron chi connectivity index (χ1n) is 4.70. The zero-order valence-corrected chi connectivity index (χ0v) is 9.11. The first kappa shape index (κ1) is 10.6. The number of rotatable bonds is 2. The van der Waals surface area contributed by atoms with Crippen LogP contribution in [-0.2, 0) is 0 Å². The smallest absolute Gasteiger partial charge is 0.212 e. The molecule has 80 valence electrons. The molecule has 0 radical (unpaired) electrons. The Labute approximate surface area is 97.9 Å². The maximum Gasteiger partial charge on any atom is 0.212 e. The first-order chi connectivity index (χ1) is 7.70. The molecule has 2 rings (SSSR count). The zero-order chi connectivity index (χ0) is 11.5. The minimum atomic E-state index is -0.224. The SMILES string of the molecule is Nc1cccc(C(=O)c2ccccn2)c1Cl. The predicted octanol–water partition coefficient (Wildman–Crippen LogP) is 2.55. The van der Waals surface area contributed by atoms with Crippen LogP contribution in [0.15, 0.2) is 42.6 Å². The summed E-state index contributed by atoms with van der Waals surface area (Å²) < 4.78 is 0. The number of hydrogen-bond acceptors (Lipinski definition) is 3. The molecule has 0 saturated carbocycles. The van der Waals surface area contributed by atoms with Crippen LogP contribution in [-0.4, -0.2) is 10.8 Å². The van der Waals surface area contributed by atoms with Crippen LogP contribution in [0, 0.1) is 0 Å². The van der Waals surface area contributed by atoms with Crippen molar-refractivity contribution in [1.82, 2.24) is 4.98 Å². The summed E-state index contributed by atoms with van der Waals surface area (Å²) in [5.74, 6) is -0.224. The van der Waals surface area contributed by atoms with Gasteiger partial charge in [0.25, 0.3) is 0 Å². The maximum absolute atomic E-state index is 12.0. The van der Waals surface area contributed by atoms with E-state index >= 15 is 0 Å². The van der Waals surface area contributed by atoms with E-state index < -0.39 is 0 Å². The average Bonchev–Trinajstić information content (AvgIpc) is 2.33. The Kier molecular flexibility index (Phi) is 2.88. The van der Waals surface area contributed by atoms with Gasteiger partial charge in [-0.15, -0.1) is 0 Å². The number of carbonyl (C=O) groups excluding carboxylic acids is 1. The largest absolute Gasteiger partial charge is 0.398 e. The van der Waals surface area contributed by atoms with Gasteiger partial charge in [-0.1, -0.05) is 23.7 Å². The monoisotopic (exact) mass is 232 g/mol. The maximum atomic E-state index is 12.0. The number of halogens is 1. The molecule has 1 aromatic carbocycles. The number of anilines is 1. The van der Waals surface area contributed by atoms with Crippen molar-refractivity contribution in [2.45, 2.75) is 0 Å². The van der Waals surface area contributed by atoms with Crippen LogP contribution in [0.2, 0.25) is 5.02 Å². The van der Waals surface area contributed by atoms with Crippen LogP contribution in [0.5, 0.6) is 0 Å². The van der Waals surface area contributed by atoms with E-state index in [2.05, 4.69) is 4.98 Å². The van der Waals surface area contributed by atoms with Gasteiger partial charge in [0.15, 0.2) is 0 Å². The summed E-state index contributed by atoms with van der Waals surface area (Å²) in [5.41, 5.74) is 6.76. The Bertz CT molecular complexity index is 526. The van der Waals surface area contributed by atoms with Gasteiger partial charge >= 0.3 is 0 Å². The van der Waals surface area contributed by atoms with Crippen molar-refractivity contribution >= 4 is 23.1 Å². The highest BCUT2D eigenvalue weighted by atomic mass is 35.5. The Balaban J connectivity index is 2.46. The topological polar surface area (TPSA) is 56.0 Å². The van der Waals surface area contributed by atoms with E-state index in [0.29, 0.717) is 16.9 Å². The second-order valence-electron chi connectivity index (χ2n) is 3.25. The van der Waals surface area contributed by atoms with Crippen LogP contribution in [0.25, 0.3) is 0 Å². The highest BCUT2D eigenvalue weighted by Crippen LogP contribution is 2.24. The fourth-order valence-electron chi connectivity index (χ4n) is 1.36. The molecule has 2 N–H and O–H groups in total. The van der Waals surface area contributed by atoms with E-state index in [1.807, 2.05) is 0 Å². The van der Waals surface area contributed by atoms with E-state index in [1.165, 1.54) is 0 Å². The highest BCUT2D eigenvalue weighted by Gasteiger charge is 2.14. The quantitative estimate of drug-likeness (QED) is 0.640. The zero-order valence-electron chi connectivity index (χ0n) is 8.35. The fourth-order valence-corrected chi connectivity index (χ4v) is 1.57. The Hall–Kier alpha value is -1.87. The summed E-state index contributed by atoms with van der Waals surface area (Å²) in [7, 11) is 0. The molecule has 0 fully saturated rings. The Morgan fingerprint density at radius 3 is 2.69 bits per heavy atom. The van der Waals surface area contributed by atoms with Crippen LogP contribution in [0.3, 0.4) is 0 Å². The van der Waals surface area contributed by atoms with Gasteiger partial charge in [-0.05, 0) is 24.3 Å². The summed E-state index contributed by atoms with van der Waals surface area (Å²) >= 11 is 5.96. The fraction of sp³-hybridized carbons (Fsp3) is 0. The van der Waals surface area contributed by atoms with Gasteiger partial charge in [0, 0.05) is 11.8 Å². The number of nitrogen functional groups attached to an aromatic ring is 1. The third kappa shape index (κ3) is 1.90. The number of aromatic nitrogens is 1. The lowest BCUT2D eigenvalue weighted by molar-refractivity contribution is 0.103. The van der Waals surface area contributed by atoms with Gasteiger partial charge in [-0.3, -0.25) is 9.78 Å².